The molecular weight excluding hydrogens is 299 g/mol. The monoisotopic (exact) mass is 311 g/mol. The second kappa shape index (κ2) is 6.27. The maximum Gasteiger partial charge on any atom is 0.417 e. The normalized spacial score (nSPS) is 18.4. The lowest BCUT2D eigenvalue weighted by atomic mass is 10.2. The molecule has 9 heteroatoms. The summed E-state index contributed by atoms with van der Waals surface area (Å²) in [5, 5.41) is 5.11. The van der Waals surface area contributed by atoms with Gasteiger partial charge in [-0.1, -0.05) is 0 Å². The molecule has 0 aliphatic carbocycles. The highest BCUT2D eigenvalue weighted by molar-refractivity contribution is 5.94. The zero-order chi connectivity index (χ0) is 14.0. The Morgan fingerprint density at radius 3 is 2.65 bits per heavy atom. The van der Waals surface area contributed by atoms with Crippen molar-refractivity contribution in [2.24, 2.45) is 0 Å². The SMILES string of the molecule is Cl.O=C(Nc1cc(C(F)(F)F)c[nH]c1=O)C1CCCN1. The van der Waals surface area contributed by atoms with E-state index < -0.39 is 34.9 Å². The maximum atomic E-state index is 12.5. The predicted octanol–water partition coefficient (Wildman–Crippen LogP) is 1.51. The molecule has 112 valence electrons. The van der Waals surface area contributed by atoms with E-state index in [4.69, 9.17) is 0 Å². The van der Waals surface area contributed by atoms with Gasteiger partial charge in [0.05, 0.1) is 11.6 Å². The number of hydrogen-bond donors (Lipinski definition) is 3. The van der Waals surface area contributed by atoms with Crippen LogP contribution in [0.25, 0.3) is 0 Å². The molecule has 5 nitrogen and oxygen atoms in total. The topological polar surface area (TPSA) is 74.0 Å². The molecular formula is C11H13ClF3N3O2. The first kappa shape index (κ1) is 16.5. The van der Waals surface area contributed by atoms with Crippen molar-refractivity contribution >= 4 is 24.0 Å². The molecule has 1 unspecified atom stereocenters. The van der Waals surface area contributed by atoms with Gasteiger partial charge in [-0.25, -0.2) is 0 Å². The number of rotatable bonds is 2. The summed E-state index contributed by atoms with van der Waals surface area (Å²) < 4.78 is 37.5. The van der Waals surface area contributed by atoms with E-state index in [2.05, 4.69) is 10.6 Å². The first-order chi connectivity index (χ1) is 8.88. The standard InChI is InChI=1S/C11H12F3N3O2.ClH/c12-11(13,14)6-4-8(9(18)16-5-6)17-10(19)7-2-1-3-15-7;/h4-5,7,15H,1-3H2,(H,16,18)(H,17,19);1H. The van der Waals surface area contributed by atoms with Crippen molar-refractivity contribution in [3.05, 3.63) is 28.2 Å². The minimum Gasteiger partial charge on any atom is -0.327 e. The molecule has 1 aromatic heterocycles. The summed E-state index contributed by atoms with van der Waals surface area (Å²) in [5.74, 6) is -0.498. The molecule has 0 radical (unpaired) electrons. The Kier molecular flexibility index (Phi) is 5.18. The number of alkyl halides is 3. The van der Waals surface area contributed by atoms with Crippen LogP contribution in [-0.4, -0.2) is 23.5 Å². The second-order valence-electron chi connectivity index (χ2n) is 4.27. The Hall–Kier alpha value is -1.54. The molecule has 0 bridgehead atoms. The van der Waals surface area contributed by atoms with E-state index in [0.29, 0.717) is 25.2 Å². The Balaban J connectivity index is 0.00000200. The Morgan fingerprint density at radius 1 is 1.40 bits per heavy atom. The summed E-state index contributed by atoms with van der Waals surface area (Å²) in [6.07, 6.45) is -2.58. The quantitative estimate of drug-likeness (QED) is 0.775. The molecule has 0 aromatic carbocycles. The summed E-state index contributed by atoms with van der Waals surface area (Å²) in [6.45, 7) is 0.678. The first-order valence-electron chi connectivity index (χ1n) is 5.72. The lowest BCUT2D eigenvalue weighted by molar-refractivity contribution is -0.137. The van der Waals surface area contributed by atoms with Gasteiger partial charge in [0.2, 0.25) is 5.91 Å². The zero-order valence-electron chi connectivity index (χ0n) is 10.2. The van der Waals surface area contributed by atoms with Crippen LogP contribution in [0.4, 0.5) is 18.9 Å². The summed E-state index contributed by atoms with van der Waals surface area (Å²) in [7, 11) is 0. The number of H-pyrrole nitrogens is 1. The third-order valence-electron chi connectivity index (χ3n) is 2.87. The number of carbonyl (C=O) groups excluding carboxylic acids is 1. The molecule has 1 aliphatic heterocycles. The van der Waals surface area contributed by atoms with Crippen LogP contribution in [0.1, 0.15) is 18.4 Å². The molecule has 1 atom stereocenters. The van der Waals surface area contributed by atoms with Crippen LogP contribution >= 0.6 is 12.4 Å². The minimum atomic E-state index is -4.57. The van der Waals surface area contributed by atoms with Crippen LogP contribution in [0.5, 0.6) is 0 Å². The first-order valence-corrected chi connectivity index (χ1v) is 5.72. The van der Waals surface area contributed by atoms with Crippen molar-refractivity contribution in [2.45, 2.75) is 25.1 Å². The van der Waals surface area contributed by atoms with Gasteiger partial charge in [-0.15, -0.1) is 12.4 Å². The molecule has 1 aliphatic rings. The summed E-state index contributed by atoms with van der Waals surface area (Å²) in [6, 6.07) is 0.167. The molecule has 2 heterocycles. The lowest BCUT2D eigenvalue weighted by Gasteiger charge is -2.12. The number of anilines is 1. The summed E-state index contributed by atoms with van der Waals surface area (Å²) in [4.78, 5) is 25.1. The summed E-state index contributed by atoms with van der Waals surface area (Å²) in [5.41, 5.74) is -2.17. The van der Waals surface area contributed by atoms with Crippen LogP contribution in [0.15, 0.2) is 17.1 Å². The van der Waals surface area contributed by atoms with Crippen LogP contribution in [0.2, 0.25) is 0 Å². The third-order valence-corrected chi connectivity index (χ3v) is 2.87. The van der Waals surface area contributed by atoms with Gasteiger partial charge in [0.1, 0.15) is 5.69 Å². The second-order valence-corrected chi connectivity index (χ2v) is 4.27. The van der Waals surface area contributed by atoms with Gasteiger partial charge in [0.15, 0.2) is 0 Å². The smallest absolute Gasteiger partial charge is 0.327 e. The summed E-state index contributed by atoms with van der Waals surface area (Å²) >= 11 is 0. The third kappa shape index (κ3) is 3.73. The van der Waals surface area contributed by atoms with E-state index >= 15 is 0 Å². The molecule has 1 fully saturated rings. The van der Waals surface area contributed by atoms with Crippen LogP contribution in [0.3, 0.4) is 0 Å². The molecule has 0 spiro atoms. The van der Waals surface area contributed by atoms with Gasteiger partial charge >= 0.3 is 6.18 Å². The molecule has 1 aromatic rings. The number of hydrogen-bond acceptors (Lipinski definition) is 3. The van der Waals surface area contributed by atoms with Gasteiger partial charge in [0.25, 0.3) is 5.56 Å². The van der Waals surface area contributed by atoms with Gasteiger partial charge in [-0.3, -0.25) is 9.59 Å². The fraction of sp³-hybridized carbons (Fsp3) is 0.455. The van der Waals surface area contributed by atoms with Gasteiger partial charge in [-0.2, -0.15) is 13.2 Å². The van der Waals surface area contributed by atoms with Gasteiger partial charge in [-0.05, 0) is 25.5 Å². The molecule has 20 heavy (non-hydrogen) atoms. The molecule has 1 saturated heterocycles. The number of nitrogens with one attached hydrogen (secondary N) is 3. The molecule has 1 amide bonds. The van der Waals surface area contributed by atoms with Crippen LogP contribution in [-0.2, 0) is 11.0 Å². The van der Waals surface area contributed by atoms with Gasteiger partial charge in [0, 0.05) is 6.20 Å². The van der Waals surface area contributed by atoms with E-state index in [-0.39, 0.29) is 12.4 Å². The van der Waals surface area contributed by atoms with Crippen molar-refractivity contribution in [2.75, 3.05) is 11.9 Å². The number of pyridine rings is 1. The average molecular weight is 312 g/mol. The van der Waals surface area contributed by atoms with E-state index in [1.165, 1.54) is 0 Å². The molecule has 2 rings (SSSR count). The highest BCUT2D eigenvalue weighted by Gasteiger charge is 2.32. The average Bonchev–Trinajstić information content (AvgIpc) is 2.84. The van der Waals surface area contributed by atoms with E-state index in [1.807, 2.05) is 4.98 Å². The molecule has 0 saturated carbocycles. The number of halogens is 4. The minimum absolute atomic E-state index is 0. The lowest BCUT2D eigenvalue weighted by Crippen LogP contribution is -2.37. The van der Waals surface area contributed by atoms with Crippen molar-refractivity contribution in [3.8, 4) is 0 Å². The Bertz CT molecular complexity index is 538. The number of aromatic nitrogens is 1. The van der Waals surface area contributed by atoms with E-state index in [1.54, 1.807) is 0 Å². The Labute approximate surface area is 118 Å². The highest BCUT2D eigenvalue weighted by atomic mass is 35.5. The fourth-order valence-electron chi connectivity index (χ4n) is 1.87. The molecule has 3 N–H and O–H groups in total. The van der Waals surface area contributed by atoms with E-state index in [0.717, 1.165) is 6.42 Å². The van der Waals surface area contributed by atoms with Gasteiger partial charge < -0.3 is 15.6 Å². The maximum absolute atomic E-state index is 12.5. The number of aromatic amines is 1. The van der Waals surface area contributed by atoms with Crippen LogP contribution in [0, 0.1) is 0 Å². The number of carbonyl (C=O) groups is 1. The van der Waals surface area contributed by atoms with Crippen molar-refractivity contribution < 1.29 is 18.0 Å². The van der Waals surface area contributed by atoms with Crippen molar-refractivity contribution in [3.63, 3.8) is 0 Å². The van der Waals surface area contributed by atoms with Crippen LogP contribution < -0.4 is 16.2 Å². The number of amides is 1. The zero-order valence-corrected chi connectivity index (χ0v) is 11.0. The van der Waals surface area contributed by atoms with Crippen molar-refractivity contribution in [1.82, 2.24) is 10.3 Å². The highest BCUT2D eigenvalue weighted by Crippen LogP contribution is 2.29. The van der Waals surface area contributed by atoms with E-state index in [9.17, 15) is 22.8 Å². The predicted molar refractivity (Wildman–Crippen MR) is 69.0 cm³/mol. The van der Waals surface area contributed by atoms with Crippen molar-refractivity contribution in [1.29, 1.82) is 0 Å². The Morgan fingerprint density at radius 2 is 2.10 bits per heavy atom. The largest absolute Gasteiger partial charge is 0.417 e. The fourth-order valence-corrected chi connectivity index (χ4v) is 1.87.